The molecule has 1 heterocycles. The third kappa shape index (κ3) is 4.05. The van der Waals surface area contributed by atoms with Crippen LogP contribution < -0.4 is 0 Å². The van der Waals surface area contributed by atoms with Gasteiger partial charge in [-0.1, -0.05) is 19.3 Å². The first-order valence-electron chi connectivity index (χ1n) is 6.91. The summed E-state index contributed by atoms with van der Waals surface area (Å²) < 4.78 is 29.2. The standard InChI is InChI=1S/C13H22O4S/c14-13(11-5-2-1-3-6-11)10-18(15,16)9-12-7-4-8-17-12/h11-12H,1-10H2. The molecule has 0 spiro atoms. The average molecular weight is 274 g/mol. The zero-order valence-electron chi connectivity index (χ0n) is 10.8. The monoisotopic (exact) mass is 274 g/mol. The van der Waals surface area contributed by atoms with E-state index in [1.165, 1.54) is 6.42 Å². The zero-order valence-corrected chi connectivity index (χ0v) is 11.6. The van der Waals surface area contributed by atoms with Crippen LogP contribution in [0.2, 0.25) is 0 Å². The van der Waals surface area contributed by atoms with Crippen LogP contribution in [0.4, 0.5) is 0 Å². The van der Waals surface area contributed by atoms with Crippen LogP contribution >= 0.6 is 0 Å². The van der Waals surface area contributed by atoms with E-state index in [2.05, 4.69) is 0 Å². The molecule has 1 saturated carbocycles. The zero-order chi connectivity index (χ0) is 13.0. The predicted molar refractivity (Wildman–Crippen MR) is 69.2 cm³/mol. The molecule has 0 N–H and O–H groups in total. The summed E-state index contributed by atoms with van der Waals surface area (Å²) in [6.07, 6.45) is 6.57. The van der Waals surface area contributed by atoms with Crippen molar-refractivity contribution in [3.63, 3.8) is 0 Å². The summed E-state index contributed by atoms with van der Waals surface area (Å²) in [5.41, 5.74) is 0. The van der Waals surface area contributed by atoms with Crippen molar-refractivity contribution in [1.29, 1.82) is 0 Å². The molecule has 1 saturated heterocycles. The van der Waals surface area contributed by atoms with Crippen molar-refractivity contribution in [2.45, 2.75) is 51.0 Å². The second kappa shape index (κ2) is 6.15. The largest absolute Gasteiger partial charge is 0.377 e. The molecule has 2 fully saturated rings. The second-order valence-corrected chi connectivity index (χ2v) is 7.60. The van der Waals surface area contributed by atoms with Gasteiger partial charge in [-0.15, -0.1) is 0 Å². The number of ether oxygens (including phenoxy) is 1. The van der Waals surface area contributed by atoms with E-state index < -0.39 is 9.84 Å². The van der Waals surface area contributed by atoms with Gasteiger partial charge in [0, 0.05) is 12.5 Å². The Morgan fingerprint density at radius 1 is 1.06 bits per heavy atom. The minimum absolute atomic E-state index is 0.0157. The van der Waals surface area contributed by atoms with Crippen molar-refractivity contribution in [3.05, 3.63) is 0 Å². The number of carbonyl (C=O) groups is 1. The molecule has 5 heteroatoms. The molecule has 0 aromatic heterocycles. The number of Topliss-reactive ketones (excluding diaryl/α,β-unsaturated/α-hetero) is 1. The van der Waals surface area contributed by atoms with Gasteiger partial charge < -0.3 is 4.74 Å². The van der Waals surface area contributed by atoms with Crippen LogP contribution in [0.5, 0.6) is 0 Å². The summed E-state index contributed by atoms with van der Waals surface area (Å²) in [5, 5.41) is 0. The molecule has 0 radical (unpaired) electrons. The van der Waals surface area contributed by atoms with E-state index in [-0.39, 0.29) is 29.3 Å². The summed E-state index contributed by atoms with van der Waals surface area (Å²) in [6, 6.07) is 0. The highest BCUT2D eigenvalue weighted by Gasteiger charge is 2.29. The lowest BCUT2D eigenvalue weighted by Gasteiger charge is -2.20. The van der Waals surface area contributed by atoms with Crippen molar-refractivity contribution in [3.8, 4) is 0 Å². The molecule has 0 aromatic rings. The highest BCUT2D eigenvalue weighted by Crippen LogP contribution is 2.25. The summed E-state index contributed by atoms with van der Waals surface area (Å²) in [6.45, 7) is 0.650. The van der Waals surface area contributed by atoms with E-state index >= 15 is 0 Å². The fourth-order valence-electron chi connectivity index (χ4n) is 2.88. The minimum atomic E-state index is -3.29. The summed E-state index contributed by atoms with van der Waals surface area (Å²) in [7, 11) is -3.29. The van der Waals surface area contributed by atoms with Crippen molar-refractivity contribution in [1.82, 2.24) is 0 Å². The maximum Gasteiger partial charge on any atom is 0.159 e. The van der Waals surface area contributed by atoms with E-state index in [1.54, 1.807) is 0 Å². The van der Waals surface area contributed by atoms with Crippen LogP contribution in [0, 0.1) is 5.92 Å². The molecule has 18 heavy (non-hydrogen) atoms. The molecule has 1 aliphatic heterocycles. The molecule has 104 valence electrons. The van der Waals surface area contributed by atoms with Gasteiger partial charge in [-0.25, -0.2) is 8.42 Å². The summed E-state index contributed by atoms with van der Waals surface area (Å²) >= 11 is 0. The van der Waals surface area contributed by atoms with Gasteiger partial charge in [-0.2, -0.15) is 0 Å². The lowest BCUT2D eigenvalue weighted by Crippen LogP contribution is -2.30. The van der Waals surface area contributed by atoms with Crippen LogP contribution in [0.15, 0.2) is 0 Å². The van der Waals surface area contributed by atoms with E-state index in [0.29, 0.717) is 6.61 Å². The average Bonchev–Trinajstić information content (AvgIpc) is 2.81. The molecule has 2 rings (SSSR count). The number of sulfone groups is 1. The first-order valence-corrected chi connectivity index (χ1v) is 8.74. The Morgan fingerprint density at radius 2 is 1.78 bits per heavy atom. The number of carbonyl (C=O) groups excluding carboxylic acids is 1. The van der Waals surface area contributed by atoms with Crippen LogP contribution in [0.1, 0.15) is 44.9 Å². The lowest BCUT2D eigenvalue weighted by molar-refractivity contribution is -0.121. The maximum absolute atomic E-state index is 12.0. The van der Waals surface area contributed by atoms with Crippen LogP contribution in [-0.4, -0.2) is 38.4 Å². The van der Waals surface area contributed by atoms with Crippen molar-refractivity contribution < 1.29 is 17.9 Å². The topological polar surface area (TPSA) is 60.4 Å². The third-order valence-corrected chi connectivity index (χ3v) is 5.49. The van der Waals surface area contributed by atoms with Gasteiger partial charge in [0.15, 0.2) is 15.6 Å². The Hall–Kier alpha value is -0.420. The first kappa shape index (κ1) is 14.0. The van der Waals surface area contributed by atoms with Crippen LogP contribution in [-0.2, 0) is 19.4 Å². The van der Waals surface area contributed by atoms with Crippen molar-refractivity contribution in [2.75, 3.05) is 18.1 Å². The lowest BCUT2D eigenvalue weighted by atomic mass is 9.87. The van der Waals surface area contributed by atoms with Gasteiger partial charge in [0.25, 0.3) is 0 Å². The Morgan fingerprint density at radius 3 is 2.39 bits per heavy atom. The molecule has 4 nitrogen and oxygen atoms in total. The molecular weight excluding hydrogens is 252 g/mol. The number of hydrogen-bond acceptors (Lipinski definition) is 4. The number of ketones is 1. The molecule has 0 aromatic carbocycles. The molecule has 0 amide bonds. The molecule has 1 atom stereocenters. The van der Waals surface area contributed by atoms with Gasteiger partial charge >= 0.3 is 0 Å². The number of hydrogen-bond donors (Lipinski definition) is 0. The van der Waals surface area contributed by atoms with E-state index in [1.807, 2.05) is 0 Å². The first-order chi connectivity index (χ1) is 8.57. The Balaban J connectivity index is 1.84. The van der Waals surface area contributed by atoms with E-state index in [0.717, 1.165) is 38.5 Å². The fraction of sp³-hybridized carbons (Fsp3) is 0.923. The second-order valence-electron chi connectivity index (χ2n) is 5.49. The fourth-order valence-corrected chi connectivity index (χ4v) is 4.49. The van der Waals surface area contributed by atoms with Gasteiger partial charge in [0.1, 0.15) is 5.75 Å². The van der Waals surface area contributed by atoms with Crippen molar-refractivity contribution >= 4 is 15.6 Å². The summed E-state index contributed by atoms with van der Waals surface area (Å²) in [4.78, 5) is 12.0. The van der Waals surface area contributed by atoms with E-state index in [9.17, 15) is 13.2 Å². The Labute approximate surface area is 109 Å². The Kier molecular flexibility index (Phi) is 4.78. The molecule has 1 aliphatic carbocycles. The molecule has 2 aliphatic rings. The van der Waals surface area contributed by atoms with Crippen LogP contribution in [0.25, 0.3) is 0 Å². The van der Waals surface area contributed by atoms with E-state index in [4.69, 9.17) is 4.74 Å². The highest BCUT2D eigenvalue weighted by atomic mass is 32.2. The van der Waals surface area contributed by atoms with Crippen molar-refractivity contribution in [2.24, 2.45) is 5.92 Å². The van der Waals surface area contributed by atoms with Gasteiger partial charge in [-0.05, 0) is 25.7 Å². The SMILES string of the molecule is O=C(CS(=O)(=O)CC1CCCO1)C1CCCCC1. The van der Waals surface area contributed by atoms with Gasteiger partial charge in [-0.3, -0.25) is 4.79 Å². The summed E-state index contributed by atoms with van der Waals surface area (Å²) in [5.74, 6) is -0.353. The molecule has 1 unspecified atom stereocenters. The Bertz CT molecular complexity index is 376. The van der Waals surface area contributed by atoms with Crippen LogP contribution in [0.3, 0.4) is 0 Å². The maximum atomic E-state index is 12.0. The predicted octanol–water partition coefficient (Wildman–Crippen LogP) is 1.73. The highest BCUT2D eigenvalue weighted by molar-refractivity contribution is 7.92. The van der Waals surface area contributed by atoms with Gasteiger partial charge in [0.05, 0.1) is 11.9 Å². The number of rotatable bonds is 5. The smallest absolute Gasteiger partial charge is 0.159 e. The molecule has 0 bridgehead atoms. The minimum Gasteiger partial charge on any atom is -0.377 e. The third-order valence-electron chi connectivity index (χ3n) is 3.89. The van der Waals surface area contributed by atoms with Gasteiger partial charge in [0.2, 0.25) is 0 Å². The normalized spacial score (nSPS) is 26.3. The quantitative estimate of drug-likeness (QED) is 0.766. The molecular formula is C13H22O4S.